The van der Waals surface area contributed by atoms with Crippen molar-refractivity contribution in [3.8, 4) is 0 Å². The first-order valence-corrected chi connectivity index (χ1v) is 7.04. The van der Waals surface area contributed by atoms with E-state index in [0.717, 1.165) is 31.6 Å². The maximum atomic E-state index is 13.5. The maximum absolute atomic E-state index is 13.5. The van der Waals surface area contributed by atoms with Gasteiger partial charge in [-0.05, 0) is 25.1 Å². The highest BCUT2D eigenvalue weighted by molar-refractivity contribution is 5.98. The van der Waals surface area contributed by atoms with Crippen LogP contribution in [0.15, 0.2) is 18.2 Å². The van der Waals surface area contributed by atoms with Gasteiger partial charge in [-0.15, -0.1) is 0 Å². The minimum absolute atomic E-state index is 0.0512. The minimum atomic E-state index is -0.883. The zero-order chi connectivity index (χ0) is 15.2. The van der Waals surface area contributed by atoms with Gasteiger partial charge >= 0.3 is 0 Å². The summed E-state index contributed by atoms with van der Waals surface area (Å²) in [6.07, 6.45) is 0.868. The Morgan fingerprint density at radius 3 is 2.71 bits per heavy atom. The van der Waals surface area contributed by atoms with Crippen LogP contribution >= 0.6 is 0 Å². The minimum Gasteiger partial charge on any atom is -0.341 e. The molecule has 1 aromatic carbocycles. The van der Waals surface area contributed by atoms with Crippen molar-refractivity contribution in [3.05, 3.63) is 35.4 Å². The molecule has 1 fully saturated rings. The smallest absolute Gasteiger partial charge is 0.223 e. The monoisotopic (exact) mass is 296 g/mol. The molecule has 1 heterocycles. The van der Waals surface area contributed by atoms with Crippen LogP contribution in [-0.2, 0) is 4.79 Å². The molecule has 1 aliphatic heterocycles. The SMILES string of the molecule is O=C(CCC(=O)N1CCCNCC1)c1ccc(F)cc1F. The van der Waals surface area contributed by atoms with E-state index in [1.165, 1.54) is 0 Å². The lowest BCUT2D eigenvalue weighted by Crippen LogP contribution is -2.34. The first kappa shape index (κ1) is 15.6. The number of hydrogen-bond donors (Lipinski definition) is 1. The molecule has 114 valence electrons. The number of carbonyl (C=O) groups excluding carboxylic acids is 2. The summed E-state index contributed by atoms with van der Waals surface area (Å²) in [5, 5.41) is 3.19. The largest absolute Gasteiger partial charge is 0.341 e. The number of benzene rings is 1. The molecule has 0 spiro atoms. The van der Waals surface area contributed by atoms with Gasteiger partial charge in [0.15, 0.2) is 5.78 Å². The molecular formula is C15H18F2N2O2. The van der Waals surface area contributed by atoms with Gasteiger partial charge in [-0.1, -0.05) is 0 Å². The number of hydrogen-bond acceptors (Lipinski definition) is 3. The average molecular weight is 296 g/mol. The predicted molar refractivity (Wildman–Crippen MR) is 74.0 cm³/mol. The number of ketones is 1. The Bertz CT molecular complexity index is 526. The standard InChI is InChI=1S/C15H18F2N2O2/c16-11-2-3-12(13(17)10-11)14(20)4-5-15(21)19-8-1-6-18-7-9-19/h2-3,10,18H,1,4-9H2. The molecule has 6 heteroatoms. The highest BCUT2D eigenvalue weighted by Gasteiger charge is 2.18. The number of halogens is 2. The molecule has 0 aromatic heterocycles. The molecule has 0 aliphatic carbocycles. The van der Waals surface area contributed by atoms with Gasteiger partial charge in [0.2, 0.25) is 5.91 Å². The first-order chi connectivity index (χ1) is 10.1. The summed E-state index contributed by atoms with van der Waals surface area (Å²) in [6.45, 7) is 2.92. The summed E-state index contributed by atoms with van der Waals surface area (Å²) < 4.78 is 26.3. The van der Waals surface area contributed by atoms with E-state index in [-0.39, 0.29) is 24.3 Å². The molecule has 0 saturated carbocycles. The summed E-state index contributed by atoms with van der Waals surface area (Å²) in [6, 6.07) is 2.83. The van der Waals surface area contributed by atoms with E-state index in [2.05, 4.69) is 5.32 Å². The Morgan fingerprint density at radius 2 is 1.95 bits per heavy atom. The number of amides is 1. The second-order valence-electron chi connectivity index (χ2n) is 5.03. The fourth-order valence-corrected chi connectivity index (χ4v) is 2.32. The Labute approximate surface area is 122 Å². The third kappa shape index (κ3) is 4.32. The third-order valence-corrected chi connectivity index (χ3v) is 3.49. The number of carbonyl (C=O) groups is 2. The van der Waals surface area contributed by atoms with Crippen molar-refractivity contribution in [1.29, 1.82) is 0 Å². The van der Waals surface area contributed by atoms with E-state index in [9.17, 15) is 18.4 Å². The first-order valence-electron chi connectivity index (χ1n) is 7.04. The van der Waals surface area contributed by atoms with Crippen molar-refractivity contribution in [1.82, 2.24) is 10.2 Å². The predicted octanol–water partition coefficient (Wildman–Crippen LogP) is 1.75. The van der Waals surface area contributed by atoms with E-state index >= 15 is 0 Å². The van der Waals surface area contributed by atoms with E-state index < -0.39 is 17.4 Å². The van der Waals surface area contributed by atoms with E-state index in [1.807, 2.05) is 0 Å². The summed E-state index contributed by atoms with van der Waals surface area (Å²) in [7, 11) is 0. The van der Waals surface area contributed by atoms with E-state index in [0.29, 0.717) is 19.2 Å². The molecule has 0 unspecified atom stereocenters. The van der Waals surface area contributed by atoms with Crippen LogP contribution in [0.2, 0.25) is 0 Å². The van der Waals surface area contributed by atoms with Crippen LogP contribution in [0, 0.1) is 11.6 Å². The van der Waals surface area contributed by atoms with Crippen molar-refractivity contribution < 1.29 is 18.4 Å². The highest BCUT2D eigenvalue weighted by atomic mass is 19.1. The summed E-state index contributed by atoms with van der Waals surface area (Å²) in [4.78, 5) is 25.6. The molecule has 1 N–H and O–H groups in total. The lowest BCUT2D eigenvalue weighted by Gasteiger charge is -2.19. The lowest BCUT2D eigenvalue weighted by atomic mass is 10.1. The van der Waals surface area contributed by atoms with Crippen molar-refractivity contribution in [2.75, 3.05) is 26.2 Å². The van der Waals surface area contributed by atoms with Crippen LogP contribution in [0.3, 0.4) is 0 Å². The van der Waals surface area contributed by atoms with Gasteiger partial charge in [0.05, 0.1) is 5.56 Å². The molecule has 1 aliphatic rings. The average Bonchev–Trinajstić information content (AvgIpc) is 2.73. The zero-order valence-corrected chi connectivity index (χ0v) is 11.7. The van der Waals surface area contributed by atoms with Crippen LogP contribution in [0.5, 0.6) is 0 Å². The van der Waals surface area contributed by atoms with Crippen molar-refractivity contribution >= 4 is 11.7 Å². The fraction of sp³-hybridized carbons (Fsp3) is 0.467. The molecule has 1 saturated heterocycles. The van der Waals surface area contributed by atoms with Gasteiger partial charge in [0, 0.05) is 38.5 Å². The van der Waals surface area contributed by atoms with Crippen LogP contribution in [-0.4, -0.2) is 42.8 Å². The molecule has 0 radical (unpaired) electrons. The van der Waals surface area contributed by atoms with Gasteiger partial charge in [-0.25, -0.2) is 8.78 Å². The number of Topliss-reactive ketones (excluding diaryl/α,β-unsaturated/α-hetero) is 1. The summed E-state index contributed by atoms with van der Waals surface area (Å²) >= 11 is 0. The number of rotatable bonds is 4. The molecule has 21 heavy (non-hydrogen) atoms. The Hall–Kier alpha value is -1.82. The van der Waals surface area contributed by atoms with E-state index in [4.69, 9.17) is 0 Å². The van der Waals surface area contributed by atoms with Gasteiger partial charge in [-0.3, -0.25) is 9.59 Å². The summed E-state index contributed by atoms with van der Waals surface area (Å²) in [5.41, 5.74) is -0.165. The van der Waals surface area contributed by atoms with Gasteiger partial charge in [0.25, 0.3) is 0 Å². The zero-order valence-electron chi connectivity index (χ0n) is 11.7. The van der Waals surface area contributed by atoms with Crippen LogP contribution in [0.25, 0.3) is 0 Å². The molecule has 0 atom stereocenters. The molecule has 2 rings (SSSR count). The molecule has 4 nitrogen and oxygen atoms in total. The van der Waals surface area contributed by atoms with Gasteiger partial charge in [-0.2, -0.15) is 0 Å². The molecular weight excluding hydrogens is 278 g/mol. The Balaban J connectivity index is 1.89. The second-order valence-corrected chi connectivity index (χ2v) is 5.03. The quantitative estimate of drug-likeness (QED) is 0.861. The number of nitrogens with zero attached hydrogens (tertiary/aromatic N) is 1. The van der Waals surface area contributed by atoms with Crippen molar-refractivity contribution in [2.24, 2.45) is 0 Å². The van der Waals surface area contributed by atoms with Crippen molar-refractivity contribution in [2.45, 2.75) is 19.3 Å². The van der Waals surface area contributed by atoms with Crippen molar-refractivity contribution in [3.63, 3.8) is 0 Å². The Morgan fingerprint density at radius 1 is 1.14 bits per heavy atom. The molecule has 0 bridgehead atoms. The lowest BCUT2D eigenvalue weighted by molar-refractivity contribution is -0.130. The number of nitrogens with one attached hydrogen (secondary N) is 1. The molecule has 1 aromatic rings. The van der Waals surface area contributed by atoms with Crippen LogP contribution in [0.4, 0.5) is 8.78 Å². The Kier molecular flexibility index (Phi) is 5.38. The van der Waals surface area contributed by atoms with Crippen LogP contribution in [0.1, 0.15) is 29.6 Å². The second kappa shape index (κ2) is 7.26. The van der Waals surface area contributed by atoms with E-state index in [1.54, 1.807) is 4.90 Å². The third-order valence-electron chi connectivity index (χ3n) is 3.49. The summed E-state index contributed by atoms with van der Waals surface area (Å²) in [5.74, 6) is -2.19. The van der Waals surface area contributed by atoms with Gasteiger partial charge in [0.1, 0.15) is 11.6 Å². The highest BCUT2D eigenvalue weighted by Crippen LogP contribution is 2.13. The van der Waals surface area contributed by atoms with Gasteiger partial charge < -0.3 is 10.2 Å². The fourth-order valence-electron chi connectivity index (χ4n) is 2.32. The topological polar surface area (TPSA) is 49.4 Å². The maximum Gasteiger partial charge on any atom is 0.223 e. The normalized spacial score (nSPS) is 15.6. The van der Waals surface area contributed by atoms with Crippen LogP contribution < -0.4 is 5.32 Å². The molecule has 1 amide bonds.